The van der Waals surface area contributed by atoms with Crippen LogP contribution in [0.2, 0.25) is 0 Å². The van der Waals surface area contributed by atoms with Crippen LogP contribution >= 0.6 is 23.5 Å². The van der Waals surface area contributed by atoms with Gasteiger partial charge in [-0.3, -0.25) is 40.7 Å². The average molecular weight is 901 g/mol. The van der Waals surface area contributed by atoms with Crippen LogP contribution in [0.5, 0.6) is 0 Å². The Balaban J connectivity index is 2.11. The quantitative estimate of drug-likeness (QED) is 0.0469. The molecule has 18 nitrogen and oxygen atoms in total. The standard InChI is InChI=1S/C39H51O18P3/c1-7-46-58(43,47-8-2)55-34-31(52-37(40)28-22-16-13-17-23-28)32(53-38(41)29-24-18-14-19-25-29)35(56-59(44,48-9-3)49-10-4)36(57-60(45,50-11-5)51-12-6)33(34)54-39(42)30-26-20-15-21-27-30/h13-27,31-36H,7-12H2,1-6H3/t31-,32-,33-,34-,35+,36+/m1/s1. The van der Waals surface area contributed by atoms with E-state index >= 15 is 0 Å². The molecule has 0 unspecified atom stereocenters. The van der Waals surface area contributed by atoms with Crippen molar-refractivity contribution in [1.82, 2.24) is 0 Å². The number of carbonyl (C=O) groups excluding carboxylic acids is 3. The monoisotopic (exact) mass is 900 g/mol. The minimum Gasteiger partial charge on any atom is -0.453 e. The second kappa shape index (κ2) is 23.6. The largest absolute Gasteiger partial charge is 0.475 e. The zero-order chi connectivity index (χ0) is 43.8. The summed E-state index contributed by atoms with van der Waals surface area (Å²) in [6, 6.07) is 22.7. The van der Waals surface area contributed by atoms with Gasteiger partial charge in [0.05, 0.1) is 56.3 Å². The Labute approximate surface area is 349 Å². The molecule has 0 aromatic heterocycles. The van der Waals surface area contributed by atoms with E-state index in [1.165, 1.54) is 77.9 Å². The molecule has 0 aliphatic heterocycles. The lowest BCUT2D eigenvalue weighted by molar-refractivity contribution is -0.215. The van der Waals surface area contributed by atoms with Gasteiger partial charge in [0.15, 0.2) is 18.3 Å². The number of ether oxygens (including phenoxy) is 3. The lowest BCUT2D eigenvalue weighted by Gasteiger charge is -2.48. The van der Waals surface area contributed by atoms with Crippen molar-refractivity contribution in [3.8, 4) is 0 Å². The van der Waals surface area contributed by atoms with Crippen LogP contribution in [-0.2, 0) is 68.6 Å². The van der Waals surface area contributed by atoms with Gasteiger partial charge in [-0.15, -0.1) is 0 Å². The van der Waals surface area contributed by atoms with Gasteiger partial charge >= 0.3 is 41.4 Å². The number of esters is 3. The van der Waals surface area contributed by atoms with Crippen LogP contribution in [0.25, 0.3) is 0 Å². The molecule has 21 heteroatoms. The predicted molar refractivity (Wildman–Crippen MR) is 214 cm³/mol. The maximum atomic E-state index is 14.4. The van der Waals surface area contributed by atoms with E-state index in [0.29, 0.717) is 0 Å². The molecule has 3 aromatic rings. The third-order valence-corrected chi connectivity index (χ3v) is 13.1. The van der Waals surface area contributed by atoms with E-state index in [2.05, 4.69) is 0 Å². The van der Waals surface area contributed by atoms with Crippen LogP contribution < -0.4 is 0 Å². The molecule has 0 spiro atoms. The maximum absolute atomic E-state index is 14.4. The van der Waals surface area contributed by atoms with Crippen LogP contribution in [-0.4, -0.2) is 94.2 Å². The normalized spacial score (nSPS) is 20.9. The Bertz CT molecular complexity index is 1920. The molecular formula is C39H51O18P3. The topological polar surface area (TPSA) is 213 Å². The summed E-state index contributed by atoms with van der Waals surface area (Å²) in [6.07, 6.45) is -12.4. The molecule has 1 saturated carbocycles. The first-order chi connectivity index (χ1) is 28.8. The summed E-state index contributed by atoms with van der Waals surface area (Å²) >= 11 is 0. The Morgan fingerprint density at radius 3 is 0.783 bits per heavy atom. The van der Waals surface area contributed by atoms with Crippen LogP contribution in [0.1, 0.15) is 72.6 Å². The van der Waals surface area contributed by atoms with Crippen LogP contribution in [0.4, 0.5) is 0 Å². The summed E-state index contributed by atoms with van der Waals surface area (Å²) in [6.45, 7) is 7.53. The first-order valence-corrected chi connectivity index (χ1v) is 23.7. The molecule has 1 fully saturated rings. The molecule has 3 aromatic carbocycles. The first kappa shape index (κ1) is 49.1. The summed E-state index contributed by atoms with van der Waals surface area (Å²) in [5.41, 5.74) is -0.0476. The van der Waals surface area contributed by atoms with E-state index in [1.807, 2.05) is 0 Å². The molecule has 6 atom stereocenters. The number of hydrogen-bond acceptors (Lipinski definition) is 18. The molecule has 0 N–H and O–H groups in total. The van der Waals surface area contributed by atoms with E-state index < -0.39 is 78.0 Å². The Morgan fingerprint density at radius 1 is 0.367 bits per heavy atom. The number of phosphoric acid groups is 3. The van der Waals surface area contributed by atoms with Crippen molar-refractivity contribution >= 4 is 41.4 Å². The number of benzene rings is 3. The minimum atomic E-state index is -4.77. The van der Waals surface area contributed by atoms with Gasteiger partial charge in [0.1, 0.15) is 18.3 Å². The molecule has 330 valence electrons. The fourth-order valence-corrected chi connectivity index (χ4v) is 9.97. The maximum Gasteiger partial charge on any atom is 0.475 e. The third-order valence-electron chi connectivity index (χ3n) is 8.18. The van der Waals surface area contributed by atoms with Crippen LogP contribution in [0, 0.1) is 0 Å². The van der Waals surface area contributed by atoms with Crippen LogP contribution in [0.3, 0.4) is 0 Å². The van der Waals surface area contributed by atoms with E-state index in [1.54, 1.807) is 54.6 Å². The average Bonchev–Trinajstić information content (AvgIpc) is 3.23. The van der Waals surface area contributed by atoms with Crippen molar-refractivity contribution in [1.29, 1.82) is 0 Å². The van der Waals surface area contributed by atoms with E-state index in [0.717, 1.165) is 0 Å². The number of hydrogen-bond donors (Lipinski definition) is 0. The number of rotatable bonds is 24. The lowest BCUT2D eigenvalue weighted by atomic mass is 9.84. The second-order valence-corrected chi connectivity index (χ2v) is 17.1. The number of phosphoric ester groups is 3. The van der Waals surface area contributed by atoms with E-state index in [-0.39, 0.29) is 56.3 Å². The molecule has 0 amide bonds. The molecule has 0 saturated heterocycles. The summed E-state index contributed by atoms with van der Waals surface area (Å²) in [5, 5.41) is 0. The molecule has 0 heterocycles. The van der Waals surface area contributed by atoms with E-state index in [9.17, 15) is 28.1 Å². The zero-order valence-electron chi connectivity index (χ0n) is 34.1. The van der Waals surface area contributed by atoms with Gasteiger partial charge in [-0.05, 0) is 77.9 Å². The summed E-state index contributed by atoms with van der Waals surface area (Å²) in [4.78, 5) is 42.3. The first-order valence-electron chi connectivity index (χ1n) is 19.3. The molecular weight excluding hydrogens is 849 g/mol. The van der Waals surface area contributed by atoms with Gasteiger partial charge < -0.3 is 14.2 Å². The zero-order valence-corrected chi connectivity index (χ0v) is 36.7. The molecule has 4 rings (SSSR count). The van der Waals surface area contributed by atoms with Gasteiger partial charge in [-0.25, -0.2) is 28.1 Å². The highest BCUT2D eigenvalue weighted by Crippen LogP contribution is 2.59. The van der Waals surface area contributed by atoms with Gasteiger partial charge in [-0.2, -0.15) is 0 Å². The molecule has 0 bridgehead atoms. The Kier molecular flexibility index (Phi) is 19.3. The third kappa shape index (κ3) is 13.4. The van der Waals surface area contributed by atoms with Gasteiger partial charge in [0, 0.05) is 0 Å². The van der Waals surface area contributed by atoms with Crippen molar-refractivity contribution in [3.05, 3.63) is 108 Å². The van der Waals surface area contributed by atoms with Crippen molar-refractivity contribution in [2.75, 3.05) is 39.6 Å². The molecule has 60 heavy (non-hydrogen) atoms. The van der Waals surface area contributed by atoms with Crippen molar-refractivity contribution in [2.45, 2.75) is 78.2 Å². The molecule has 1 aliphatic rings. The van der Waals surface area contributed by atoms with Gasteiger partial charge in [0.2, 0.25) is 0 Å². The molecule has 0 radical (unpaired) electrons. The van der Waals surface area contributed by atoms with Crippen molar-refractivity contribution < 1.29 is 83.0 Å². The van der Waals surface area contributed by atoms with Gasteiger partial charge in [0.25, 0.3) is 0 Å². The van der Waals surface area contributed by atoms with E-state index in [4.69, 9.17) is 54.9 Å². The summed E-state index contributed by atoms with van der Waals surface area (Å²) in [5.74, 6) is -3.15. The SMILES string of the molecule is CCOP(=O)(OCC)O[C@@H]1[C@H](OC(=O)c2ccccc2)[C@@H](OC(=O)c2ccccc2)[C@H](OP(=O)(OCC)OCC)[C@@H](OP(=O)(OCC)OCC)[C@@H]1OC(=O)c1ccccc1. The minimum absolute atomic E-state index is 0.0117. The predicted octanol–water partition coefficient (Wildman–Crippen LogP) is 8.38. The fourth-order valence-electron chi connectivity index (χ4n) is 5.87. The van der Waals surface area contributed by atoms with Gasteiger partial charge in [-0.1, -0.05) is 54.6 Å². The molecule has 1 aliphatic carbocycles. The summed E-state index contributed by atoms with van der Waals surface area (Å²) < 4.78 is 113. The van der Waals surface area contributed by atoms with Crippen molar-refractivity contribution in [2.24, 2.45) is 0 Å². The lowest BCUT2D eigenvalue weighted by Crippen LogP contribution is -2.68. The Hall–Kier alpha value is -3.60. The highest BCUT2D eigenvalue weighted by molar-refractivity contribution is 7.49. The fraction of sp³-hybridized carbons (Fsp3) is 0.462. The van der Waals surface area contributed by atoms with Crippen LogP contribution in [0.15, 0.2) is 91.0 Å². The van der Waals surface area contributed by atoms with Crippen molar-refractivity contribution in [3.63, 3.8) is 0 Å². The highest BCUT2D eigenvalue weighted by atomic mass is 31.2. The highest BCUT2D eigenvalue weighted by Gasteiger charge is 2.63. The smallest absolute Gasteiger partial charge is 0.453 e. The second-order valence-electron chi connectivity index (χ2n) is 12.3. The number of carbonyl (C=O) groups is 3. The summed E-state index contributed by atoms with van der Waals surface area (Å²) in [7, 11) is -14.3. The Morgan fingerprint density at radius 2 is 0.567 bits per heavy atom.